The molecule has 0 aromatic heterocycles. The second kappa shape index (κ2) is 4.31. The molecule has 1 rings (SSSR count). The van der Waals surface area contributed by atoms with E-state index in [4.69, 9.17) is 0 Å². The van der Waals surface area contributed by atoms with Crippen molar-refractivity contribution >= 4 is 0 Å². The van der Waals surface area contributed by atoms with E-state index in [1.165, 1.54) is 11.3 Å². The molecule has 0 bridgehead atoms. The van der Waals surface area contributed by atoms with Crippen molar-refractivity contribution in [3.8, 4) is 0 Å². The van der Waals surface area contributed by atoms with Gasteiger partial charge in [0.15, 0.2) is 0 Å². The summed E-state index contributed by atoms with van der Waals surface area (Å²) in [6.07, 6.45) is 1.13. The molecule has 0 saturated heterocycles. The quantitative estimate of drug-likeness (QED) is 0.655. The summed E-state index contributed by atoms with van der Waals surface area (Å²) in [5, 5.41) is 0. The van der Waals surface area contributed by atoms with Crippen LogP contribution in [-0.4, -0.2) is 30.7 Å². The fraction of sp³-hybridized carbons (Fsp3) is 1.00. The van der Waals surface area contributed by atoms with Crippen LogP contribution in [0.3, 0.4) is 0 Å². The Morgan fingerprint density at radius 2 is 1.69 bits per heavy atom. The van der Waals surface area contributed by atoms with Gasteiger partial charge in [0.25, 0.3) is 0 Å². The minimum Gasteiger partial charge on any atom is -0.295 e. The summed E-state index contributed by atoms with van der Waals surface area (Å²) in [6, 6.07) is 0.148. The molecule has 1 fully saturated rings. The van der Waals surface area contributed by atoms with Crippen LogP contribution >= 0.6 is 0 Å². The summed E-state index contributed by atoms with van der Waals surface area (Å²) >= 11 is 0. The maximum atomic E-state index is 12.0. The monoisotopic (exact) mass is 195 g/mol. The van der Waals surface area contributed by atoms with Crippen LogP contribution in [-0.2, 0) is 0 Å². The lowest BCUT2D eigenvalue weighted by Crippen LogP contribution is -2.39. The fourth-order valence-electron chi connectivity index (χ4n) is 1.93. The van der Waals surface area contributed by atoms with Gasteiger partial charge in [-0.2, -0.15) is 13.2 Å². The van der Waals surface area contributed by atoms with Crippen LogP contribution in [0.25, 0.3) is 0 Å². The zero-order valence-corrected chi connectivity index (χ0v) is 7.90. The highest BCUT2D eigenvalue weighted by Crippen LogP contribution is 2.24. The third-order valence-electron chi connectivity index (χ3n) is 2.63. The fourth-order valence-corrected chi connectivity index (χ4v) is 1.93. The van der Waals surface area contributed by atoms with Crippen LogP contribution in [0.2, 0.25) is 0 Å². The van der Waals surface area contributed by atoms with Gasteiger partial charge in [-0.15, -0.1) is 0 Å². The average Bonchev–Trinajstić information content (AvgIpc) is 2.03. The summed E-state index contributed by atoms with van der Waals surface area (Å²) in [6.45, 7) is -0.766. The Labute approximate surface area is 76.9 Å². The van der Waals surface area contributed by atoms with Gasteiger partial charge in [0.1, 0.15) is 0 Å². The van der Waals surface area contributed by atoms with Crippen LogP contribution in [0, 0.1) is 0 Å². The van der Waals surface area contributed by atoms with Crippen molar-refractivity contribution in [1.29, 1.82) is 0 Å². The Balaban J connectivity index is 2.33. The lowest BCUT2D eigenvalue weighted by Gasteiger charge is -2.31. The van der Waals surface area contributed by atoms with E-state index in [-0.39, 0.29) is 6.04 Å². The molecular formula is C9H16F3N. The molecule has 0 atom stereocenters. The molecule has 1 saturated carbocycles. The molecule has 0 heterocycles. The summed E-state index contributed by atoms with van der Waals surface area (Å²) in [4.78, 5) is 1.44. The predicted molar refractivity (Wildman–Crippen MR) is 45.6 cm³/mol. The molecule has 0 radical (unpaired) electrons. The first kappa shape index (κ1) is 10.8. The van der Waals surface area contributed by atoms with Crippen LogP contribution in [0.1, 0.15) is 32.1 Å². The predicted octanol–water partition coefficient (Wildman–Crippen LogP) is 2.81. The van der Waals surface area contributed by atoms with Crippen molar-refractivity contribution in [2.24, 2.45) is 0 Å². The molecule has 0 spiro atoms. The van der Waals surface area contributed by atoms with Crippen molar-refractivity contribution in [2.75, 3.05) is 13.6 Å². The minimum atomic E-state index is -4.05. The van der Waals surface area contributed by atoms with E-state index in [0.717, 1.165) is 25.7 Å². The van der Waals surface area contributed by atoms with Crippen LogP contribution in [0.4, 0.5) is 13.2 Å². The van der Waals surface area contributed by atoms with Crippen molar-refractivity contribution in [1.82, 2.24) is 4.90 Å². The maximum absolute atomic E-state index is 12.0. The average molecular weight is 195 g/mol. The molecule has 1 aliphatic carbocycles. The Hall–Kier alpha value is -0.250. The lowest BCUT2D eigenvalue weighted by atomic mass is 9.94. The molecule has 0 unspecified atom stereocenters. The summed E-state index contributed by atoms with van der Waals surface area (Å²) < 4.78 is 36.1. The van der Waals surface area contributed by atoms with Gasteiger partial charge < -0.3 is 0 Å². The van der Waals surface area contributed by atoms with E-state index in [9.17, 15) is 13.2 Å². The molecule has 1 nitrogen and oxygen atoms in total. The van der Waals surface area contributed by atoms with Crippen molar-refractivity contribution in [3.05, 3.63) is 0 Å². The molecule has 1 aliphatic rings. The van der Waals surface area contributed by atoms with E-state index < -0.39 is 12.7 Å². The Morgan fingerprint density at radius 1 is 1.15 bits per heavy atom. The molecule has 4 heteroatoms. The minimum absolute atomic E-state index is 0.148. The molecular weight excluding hydrogens is 179 g/mol. The van der Waals surface area contributed by atoms with E-state index in [1.54, 1.807) is 7.05 Å². The van der Waals surface area contributed by atoms with Crippen LogP contribution in [0.15, 0.2) is 0 Å². The Kier molecular flexibility index (Phi) is 3.59. The number of halogens is 3. The number of nitrogens with zero attached hydrogens (tertiary/aromatic N) is 1. The molecule has 13 heavy (non-hydrogen) atoms. The van der Waals surface area contributed by atoms with Gasteiger partial charge in [-0.05, 0) is 19.9 Å². The van der Waals surface area contributed by atoms with Gasteiger partial charge in [-0.3, -0.25) is 4.90 Å². The smallest absolute Gasteiger partial charge is 0.295 e. The molecule has 78 valence electrons. The van der Waals surface area contributed by atoms with Crippen molar-refractivity contribution in [2.45, 2.75) is 44.3 Å². The highest BCUT2D eigenvalue weighted by atomic mass is 19.4. The molecule has 0 aromatic rings. The third kappa shape index (κ3) is 3.98. The zero-order valence-electron chi connectivity index (χ0n) is 7.90. The maximum Gasteiger partial charge on any atom is 0.401 e. The first-order valence-electron chi connectivity index (χ1n) is 4.76. The highest BCUT2D eigenvalue weighted by molar-refractivity contribution is 4.74. The summed E-state index contributed by atoms with van der Waals surface area (Å²) in [7, 11) is 1.57. The number of hydrogen-bond donors (Lipinski definition) is 0. The van der Waals surface area contributed by atoms with E-state index >= 15 is 0 Å². The Morgan fingerprint density at radius 3 is 2.15 bits per heavy atom. The van der Waals surface area contributed by atoms with Gasteiger partial charge in [0.05, 0.1) is 6.54 Å². The largest absolute Gasteiger partial charge is 0.401 e. The molecule has 0 aliphatic heterocycles. The van der Waals surface area contributed by atoms with Crippen LogP contribution in [0.5, 0.6) is 0 Å². The van der Waals surface area contributed by atoms with Gasteiger partial charge in [0, 0.05) is 6.04 Å². The zero-order chi connectivity index (χ0) is 9.90. The van der Waals surface area contributed by atoms with E-state index in [1.807, 2.05) is 0 Å². The molecule has 0 N–H and O–H groups in total. The van der Waals surface area contributed by atoms with Crippen molar-refractivity contribution < 1.29 is 13.2 Å². The number of rotatable bonds is 2. The topological polar surface area (TPSA) is 3.24 Å². The lowest BCUT2D eigenvalue weighted by molar-refractivity contribution is -0.148. The molecule has 0 amide bonds. The highest BCUT2D eigenvalue weighted by Gasteiger charge is 2.32. The Bertz CT molecular complexity index is 149. The molecule has 0 aromatic carbocycles. The normalized spacial score (nSPS) is 21.0. The van der Waals surface area contributed by atoms with Gasteiger partial charge >= 0.3 is 6.18 Å². The number of hydrogen-bond acceptors (Lipinski definition) is 1. The SMILES string of the molecule is CN(CC(F)(F)F)C1CCCCC1. The summed E-state index contributed by atoms with van der Waals surface area (Å²) in [5.41, 5.74) is 0. The number of alkyl halides is 3. The summed E-state index contributed by atoms with van der Waals surface area (Å²) in [5.74, 6) is 0. The second-order valence-corrected chi connectivity index (χ2v) is 3.82. The van der Waals surface area contributed by atoms with E-state index in [0.29, 0.717) is 0 Å². The van der Waals surface area contributed by atoms with Crippen LogP contribution < -0.4 is 0 Å². The van der Waals surface area contributed by atoms with Gasteiger partial charge in [0.2, 0.25) is 0 Å². The third-order valence-corrected chi connectivity index (χ3v) is 2.63. The van der Waals surface area contributed by atoms with E-state index in [2.05, 4.69) is 0 Å². The first-order valence-corrected chi connectivity index (χ1v) is 4.76. The van der Waals surface area contributed by atoms with Gasteiger partial charge in [-0.25, -0.2) is 0 Å². The standard InChI is InChI=1S/C9H16F3N/c1-13(7-9(10,11)12)8-5-3-2-4-6-8/h8H,2-7H2,1H3. The first-order chi connectivity index (χ1) is 5.99. The van der Waals surface area contributed by atoms with Crippen molar-refractivity contribution in [3.63, 3.8) is 0 Å². The second-order valence-electron chi connectivity index (χ2n) is 3.82. The van der Waals surface area contributed by atoms with Gasteiger partial charge in [-0.1, -0.05) is 19.3 Å².